The predicted molar refractivity (Wildman–Crippen MR) is 176 cm³/mol. The molecule has 7 N–H and O–H groups in total. The van der Waals surface area contributed by atoms with Crippen molar-refractivity contribution in [3.63, 3.8) is 0 Å². The largest absolute Gasteiger partial charge is 0.493 e. The van der Waals surface area contributed by atoms with Crippen LogP contribution in [0.5, 0.6) is 11.5 Å². The topological polar surface area (TPSA) is 250 Å². The molecule has 1 aromatic carbocycles. The van der Waals surface area contributed by atoms with Gasteiger partial charge in [0.2, 0.25) is 12.6 Å². The maximum Gasteiger partial charge on any atom is 0.337 e. The highest BCUT2D eigenvalue weighted by molar-refractivity contribution is 5.89. The van der Waals surface area contributed by atoms with Gasteiger partial charge in [0.05, 0.1) is 45.0 Å². The van der Waals surface area contributed by atoms with Gasteiger partial charge in [0.15, 0.2) is 17.8 Å². The molecule has 0 amide bonds. The first-order chi connectivity index (χ1) is 24.9. The van der Waals surface area contributed by atoms with E-state index < -0.39 is 105 Å². The average Bonchev–Trinajstić information content (AvgIpc) is 3.14. The fourth-order valence-electron chi connectivity index (χ4n) is 5.84. The Balaban J connectivity index is 1.40. The summed E-state index contributed by atoms with van der Waals surface area (Å²) >= 11 is 0. The van der Waals surface area contributed by atoms with Crippen LogP contribution in [0.3, 0.4) is 0 Å². The number of hydrogen-bond donors (Lipinski definition) is 7. The molecule has 3 aliphatic rings. The number of benzene rings is 1. The van der Waals surface area contributed by atoms with Crippen LogP contribution in [0.4, 0.5) is 0 Å². The lowest BCUT2D eigenvalue weighted by Crippen LogP contribution is -2.60. The summed E-state index contributed by atoms with van der Waals surface area (Å²) in [4.78, 5) is 25.4. The first-order valence-corrected chi connectivity index (χ1v) is 16.4. The number of methoxy groups -OCH3 is 2. The Morgan fingerprint density at radius 2 is 1.54 bits per heavy atom. The second-order valence-corrected chi connectivity index (χ2v) is 12.2. The summed E-state index contributed by atoms with van der Waals surface area (Å²) < 4.78 is 43.7. The highest BCUT2D eigenvalue weighted by Gasteiger charge is 2.48. The van der Waals surface area contributed by atoms with Gasteiger partial charge in [0, 0.05) is 5.92 Å². The van der Waals surface area contributed by atoms with Crippen LogP contribution in [0.1, 0.15) is 12.0 Å². The fourth-order valence-corrected chi connectivity index (χ4v) is 5.84. The zero-order valence-corrected chi connectivity index (χ0v) is 28.6. The van der Waals surface area contributed by atoms with Crippen molar-refractivity contribution < 1.29 is 83.2 Å². The van der Waals surface area contributed by atoms with Gasteiger partial charge in [-0.15, -0.1) is 13.2 Å². The molecular weight excluding hydrogens is 692 g/mol. The Hall–Kier alpha value is -3.88. The minimum atomic E-state index is -1.73. The molecule has 2 saturated heterocycles. The third kappa shape index (κ3) is 9.37. The zero-order chi connectivity index (χ0) is 38.1. The molecule has 52 heavy (non-hydrogen) atoms. The molecule has 0 unspecified atom stereocenters. The van der Waals surface area contributed by atoms with Crippen LogP contribution in [-0.2, 0) is 44.4 Å². The van der Waals surface area contributed by atoms with Crippen molar-refractivity contribution in [2.24, 2.45) is 11.8 Å². The Morgan fingerprint density at radius 3 is 2.17 bits per heavy atom. The molecule has 2 fully saturated rings. The molecule has 0 spiro atoms. The van der Waals surface area contributed by atoms with E-state index in [4.69, 9.17) is 37.9 Å². The lowest BCUT2D eigenvalue weighted by atomic mass is 9.83. The van der Waals surface area contributed by atoms with E-state index >= 15 is 0 Å². The highest BCUT2D eigenvalue weighted by atomic mass is 16.8. The normalized spacial score (nSPS) is 34.8. The number of carbonyl (C=O) groups excluding carboxylic acids is 2. The van der Waals surface area contributed by atoms with Crippen molar-refractivity contribution in [1.29, 1.82) is 0 Å². The van der Waals surface area contributed by atoms with Crippen LogP contribution in [-0.4, -0.2) is 143 Å². The Labute approximate surface area is 299 Å². The highest BCUT2D eigenvalue weighted by Crippen LogP contribution is 2.36. The van der Waals surface area contributed by atoms with Crippen molar-refractivity contribution in [3.8, 4) is 11.5 Å². The van der Waals surface area contributed by atoms with Crippen LogP contribution < -0.4 is 9.47 Å². The minimum absolute atomic E-state index is 0.0231. The summed E-state index contributed by atoms with van der Waals surface area (Å²) in [7, 11) is 2.58. The van der Waals surface area contributed by atoms with Crippen LogP contribution in [0.2, 0.25) is 0 Å². The Kier molecular flexibility index (Phi) is 14.7. The average molecular weight is 739 g/mol. The van der Waals surface area contributed by atoms with E-state index in [9.17, 15) is 45.3 Å². The molecule has 17 heteroatoms. The number of hydrogen-bond acceptors (Lipinski definition) is 17. The van der Waals surface area contributed by atoms with E-state index in [1.807, 2.05) is 0 Å². The third-order valence-electron chi connectivity index (χ3n) is 8.78. The van der Waals surface area contributed by atoms with Crippen LogP contribution >= 0.6 is 0 Å². The summed E-state index contributed by atoms with van der Waals surface area (Å²) in [5, 5.41) is 71.8. The molecular formula is C35H46O17. The molecule has 13 atom stereocenters. The van der Waals surface area contributed by atoms with E-state index in [0.717, 1.165) is 18.9 Å². The fraction of sp³-hybridized carbons (Fsp3) is 0.543. The predicted octanol–water partition coefficient (Wildman–Crippen LogP) is -1.25. The van der Waals surface area contributed by atoms with Crippen molar-refractivity contribution in [2.75, 3.05) is 27.4 Å². The second-order valence-electron chi connectivity index (χ2n) is 12.2. The van der Waals surface area contributed by atoms with Gasteiger partial charge in [-0.1, -0.05) is 30.4 Å². The van der Waals surface area contributed by atoms with Gasteiger partial charge >= 0.3 is 11.9 Å². The number of rotatable bonds is 15. The Morgan fingerprint density at radius 1 is 0.865 bits per heavy atom. The van der Waals surface area contributed by atoms with E-state index in [-0.39, 0.29) is 17.7 Å². The van der Waals surface area contributed by atoms with Gasteiger partial charge in [-0.3, -0.25) is 4.79 Å². The molecule has 0 aliphatic carbocycles. The summed E-state index contributed by atoms with van der Waals surface area (Å²) in [5.74, 6) is -2.75. The van der Waals surface area contributed by atoms with Crippen molar-refractivity contribution in [1.82, 2.24) is 0 Å². The van der Waals surface area contributed by atoms with E-state index in [1.165, 1.54) is 25.3 Å². The summed E-state index contributed by atoms with van der Waals surface area (Å²) in [6.07, 6.45) is -9.60. The molecule has 1 aromatic rings. The van der Waals surface area contributed by atoms with Crippen molar-refractivity contribution in [2.45, 2.75) is 80.5 Å². The number of allylic oxidation sites excluding steroid dienone is 2. The first kappa shape index (κ1) is 40.9. The number of aliphatic hydroxyl groups is 7. The van der Waals surface area contributed by atoms with E-state index in [0.29, 0.717) is 12.2 Å². The molecule has 288 valence electrons. The third-order valence-corrected chi connectivity index (χ3v) is 8.78. The summed E-state index contributed by atoms with van der Waals surface area (Å²) in [6, 6.07) is 5.05. The molecule has 0 bridgehead atoms. The second kappa shape index (κ2) is 18.7. The minimum Gasteiger partial charge on any atom is -0.493 e. The number of esters is 2. The molecule has 0 aromatic heterocycles. The van der Waals surface area contributed by atoms with Gasteiger partial charge in [0.1, 0.15) is 55.4 Å². The van der Waals surface area contributed by atoms with Crippen molar-refractivity contribution in [3.05, 3.63) is 73.1 Å². The molecule has 0 saturated carbocycles. The Bertz CT molecular complexity index is 1440. The lowest BCUT2D eigenvalue weighted by Gasteiger charge is -2.42. The molecule has 4 rings (SSSR count). The maximum absolute atomic E-state index is 12.8. The monoisotopic (exact) mass is 738 g/mol. The summed E-state index contributed by atoms with van der Waals surface area (Å²) in [5.41, 5.74) is 0.907. The number of carbonyl (C=O) groups is 2. The van der Waals surface area contributed by atoms with Gasteiger partial charge in [-0.05, 0) is 24.1 Å². The molecule has 0 radical (unpaired) electrons. The quantitative estimate of drug-likeness (QED) is 0.0820. The van der Waals surface area contributed by atoms with Gasteiger partial charge in [-0.2, -0.15) is 0 Å². The van der Waals surface area contributed by atoms with E-state index in [1.54, 1.807) is 24.3 Å². The van der Waals surface area contributed by atoms with E-state index in [2.05, 4.69) is 13.2 Å². The first-order valence-electron chi connectivity index (χ1n) is 16.4. The van der Waals surface area contributed by atoms with Gasteiger partial charge in [-0.25, -0.2) is 4.79 Å². The van der Waals surface area contributed by atoms with Gasteiger partial charge < -0.3 is 73.6 Å². The standard InChI is InChI=1S/C35H46O17/c1-5-8-17-11-12-21(22(13-17)45-3)49-34-30(42)29(41)27(39)24(51-34)16-47-25(37)10-7-9-19-18(6-2)33(48-15-20(19)32(44)46-4)52-35-31(43)28(40)26(38)23(14-36)50-35/h5-7,9,11-13,15,18-19,23-24,26-31,33-36,38-43H,1-2,8,10,14,16H2,3-4H3/t18-,19+,23-,24-,26-,27-,28+,29+,30-,31-,33+,34-,35+/m1/s1. The molecule has 17 nitrogen and oxygen atoms in total. The van der Waals surface area contributed by atoms with Gasteiger partial charge in [0.25, 0.3) is 0 Å². The number of aliphatic hydroxyl groups excluding tert-OH is 7. The molecule has 3 heterocycles. The van der Waals surface area contributed by atoms with Crippen LogP contribution in [0.25, 0.3) is 0 Å². The summed E-state index contributed by atoms with van der Waals surface area (Å²) in [6.45, 7) is 6.27. The number of ether oxygens (including phenoxy) is 8. The molecule has 3 aliphatic heterocycles. The lowest BCUT2D eigenvalue weighted by molar-refractivity contribution is -0.338. The van der Waals surface area contributed by atoms with Crippen LogP contribution in [0.15, 0.2) is 67.5 Å². The van der Waals surface area contributed by atoms with Crippen LogP contribution in [0, 0.1) is 11.8 Å². The smallest absolute Gasteiger partial charge is 0.337 e. The SMILES string of the molecule is C=CCc1ccc(O[C@@H]2O[C@H](COC(=O)CC=C[C@@H]3C(C(=O)OC)=CO[C@@H](O[C@@H]4O[C@H](CO)[C@@H](O)[C@H](O)[C@H]4O)[C@@H]3C=C)[C@@H](O)[C@H](O)[C@H]2O)c(OC)c1. The maximum atomic E-state index is 12.8. The zero-order valence-electron chi connectivity index (χ0n) is 28.6. The van der Waals surface area contributed by atoms with Crippen molar-refractivity contribution >= 4 is 11.9 Å².